The van der Waals surface area contributed by atoms with E-state index in [9.17, 15) is 4.79 Å². The number of hydrogen-bond acceptors (Lipinski definition) is 3. The lowest BCUT2D eigenvalue weighted by Crippen LogP contribution is -2.57. The lowest BCUT2D eigenvalue weighted by molar-refractivity contribution is -0.118. The number of carbonyl (C=O) groups is 1. The van der Waals surface area contributed by atoms with Crippen LogP contribution < -0.4 is 5.32 Å². The van der Waals surface area contributed by atoms with Gasteiger partial charge >= 0.3 is 0 Å². The van der Waals surface area contributed by atoms with Crippen LogP contribution in [0.5, 0.6) is 0 Å². The number of rotatable bonds is 2. The zero-order valence-corrected chi connectivity index (χ0v) is 14.2. The van der Waals surface area contributed by atoms with Gasteiger partial charge in [0.1, 0.15) is 0 Å². The molecule has 112 valence electrons. The minimum absolute atomic E-state index is 0.131. The van der Waals surface area contributed by atoms with Crippen LogP contribution in [0.2, 0.25) is 0 Å². The molecule has 3 saturated heterocycles. The summed E-state index contributed by atoms with van der Waals surface area (Å²) >= 11 is 5.21. The van der Waals surface area contributed by atoms with Crippen molar-refractivity contribution < 1.29 is 4.79 Å². The lowest BCUT2D eigenvalue weighted by Gasteiger charge is -2.44. The van der Waals surface area contributed by atoms with E-state index >= 15 is 0 Å². The van der Waals surface area contributed by atoms with E-state index in [-0.39, 0.29) is 5.91 Å². The summed E-state index contributed by atoms with van der Waals surface area (Å²) in [7, 11) is 0. The van der Waals surface area contributed by atoms with Gasteiger partial charge in [0, 0.05) is 28.2 Å². The monoisotopic (exact) mass is 366 g/mol. The summed E-state index contributed by atoms with van der Waals surface area (Å²) in [5, 5.41) is 3.67. The van der Waals surface area contributed by atoms with Gasteiger partial charge in [-0.25, -0.2) is 0 Å². The third kappa shape index (κ3) is 2.76. The van der Waals surface area contributed by atoms with Crippen LogP contribution in [0.3, 0.4) is 0 Å². The first-order valence-electron chi connectivity index (χ1n) is 7.66. The first-order chi connectivity index (χ1) is 10.2. The van der Waals surface area contributed by atoms with Crippen molar-refractivity contribution in [3.05, 3.63) is 33.7 Å². The molecule has 1 amide bonds. The molecule has 5 aliphatic rings. The molecule has 0 saturated carbocycles. The summed E-state index contributed by atoms with van der Waals surface area (Å²) < 4.78 is 1.11. The van der Waals surface area contributed by atoms with E-state index in [0.29, 0.717) is 23.1 Å². The molecular weight excluding hydrogens is 348 g/mol. The maximum absolute atomic E-state index is 12.5. The molecular formula is C16H19BrN2OS. The zero-order valence-electron chi connectivity index (χ0n) is 11.8. The number of thioether (sulfide) groups is 1. The molecule has 3 fully saturated rings. The fourth-order valence-electron chi connectivity index (χ4n) is 3.77. The number of piperidine rings is 3. The predicted molar refractivity (Wildman–Crippen MR) is 90.2 cm³/mol. The Hall–Kier alpha value is -0.520. The van der Waals surface area contributed by atoms with Crippen LogP contribution in [-0.2, 0) is 4.79 Å². The highest BCUT2D eigenvalue weighted by molar-refractivity contribution is 9.11. The van der Waals surface area contributed by atoms with Crippen LogP contribution in [0, 0.1) is 11.8 Å². The van der Waals surface area contributed by atoms with Crippen molar-refractivity contribution in [2.45, 2.75) is 24.1 Å². The topological polar surface area (TPSA) is 32.3 Å². The van der Waals surface area contributed by atoms with Crippen LogP contribution >= 0.6 is 27.7 Å². The van der Waals surface area contributed by atoms with E-state index in [0.717, 1.165) is 15.9 Å². The average Bonchev–Trinajstić information content (AvgIpc) is 2.91. The fourth-order valence-corrected chi connectivity index (χ4v) is 5.39. The third-order valence-electron chi connectivity index (χ3n) is 4.98. The molecule has 2 bridgehead atoms. The highest BCUT2D eigenvalue weighted by Crippen LogP contribution is 2.41. The molecule has 4 aliphatic heterocycles. The molecule has 0 aromatic heterocycles. The number of amides is 1. The molecule has 21 heavy (non-hydrogen) atoms. The van der Waals surface area contributed by atoms with E-state index in [1.54, 1.807) is 11.8 Å². The van der Waals surface area contributed by atoms with Gasteiger partial charge in [-0.2, -0.15) is 0 Å². The molecule has 1 N–H and O–H groups in total. The summed E-state index contributed by atoms with van der Waals surface area (Å²) in [5.74, 6) is 1.16. The van der Waals surface area contributed by atoms with Crippen molar-refractivity contribution in [2.75, 3.05) is 19.6 Å². The van der Waals surface area contributed by atoms with E-state index < -0.39 is 0 Å². The maximum atomic E-state index is 12.5. The first-order valence-corrected chi connectivity index (χ1v) is 9.33. The minimum Gasteiger partial charge on any atom is -0.347 e. The van der Waals surface area contributed by atoms with Gasteiger partial charge in [-0.1, -0.05) is 40.2 Å². The zero-order chi connectivity index (χ0) is 14.4. The molecule has 0 aromatic rings. The Morgan fingerprint density at radius 1 is 1.33 bits per heavy atom. The van der Waals surface area contributed by atoms with Crippen molar-refractivity contribution in [3.63, 3.8) is 0 Å². The smallest absolute Gasteiger partial charge is 0.257 e. The van der Waals surface area contributed by atoms with Crippen LogP contribution in [0.25, 0.3) is 0 Å². The largest absolute Gasteiger partial charge is 0.347 e. The van der Waals surface area contributed by atoms with Gasteiger partial charge in [-0.15, -0.1) is 11.8 Å². The molecule has 3 atom stereocenters. The standard InChI is InChI=1S/C16H19BrN2OS/c17-12-1-2-14-11(7-12)8-15(21-14)16(20)18-13-9-19-5-3-10(13)4-6-19/h1-2,7-8,10-11,13-14H,3-6,9H2,(H,18,20)/t11?,13-,14?/m0/s1. The fraction of sp³-hybridized carbons (Fsp3) is 0.562. The molecule has 5 heteroatoms. The second-order valence-electron chi connectivity index (χ2n) is 6.32. The molecule has 4 heterocycles. The average molecular weight is 367 g/mol. The summed E-state index contributed by atoms with van der Waals surface area (Å²) in [4.78, 5) is 15.9. The van der Waals surface area contributed by atoms with Crippen molar-refractivity contribution in [1.82, 2.24) is 10.2 Å². The molecule has 2 unspecified atom stereocenters. The molecule has 0 spiro atoms. The van der Waals surface area contributed by atoms with Gasteiger partial charge < -0.3 is 10.2 Å². The lowest BCUT2D eigenvalue weighted by atomic mass is 9.84. The van der Waals surface area contributed by atoms with E-state index in [1.165, 1.54) is 25.9 Å². The SMILES string of the molecule is O=C(N[C@H]1CN2CCC1CC2)C1=CC2C=C(Br)C=CC2S1. The van der Waals surface area contributed by atoms with Gasteiger partial charge in [0.05, 0.1) is 4.91 Å². The first kappa shape index (κ1) is 14.1. The number of nitrogens with one attached hydrogen (secondary N) is 1. The Balaban J connectivity index is 1.42. The summed E-state index contributed by atoms with van der Waals surface area (Å²) in [6, 6.07) is 0.349. The number of fused-ring (bicyclic) bond motifs is 4. The van der Waals surface area contributed by atoms with Gasteiger partial charge in [0.15, 0.2) is 0 Å². The van der Waals surface area contributed by atoms with Crippen LogP contribution in [0.4, 0.5) is 0 Å². The Morgan fingerprint density at radius 3 is 2.86 bits per heavy atom. The Labute approximate surface area is 138 Å². The number of allylic oxidation sites excluding steroid dienone is 4. The molecule has 3 nitrogen and oxygen atoms in total. The second kappa shape index (κ2) is 5.60. The number of nitrogens with zero attached hydrogens (tertiary/aromatic N) is 1. The number of carbonyl (C=O) groups excluding carboxylic acids is 1. The van der Waals surface area contributed by atoms with Crippen LogP contribution in [-0.4, -0.2) is 41.7 Å². The van der Waals surface area contributed by atoms with Crippen LogP contribution in [0.15, 0.2) is 33.7 Å². The summed E-state index contributed by atoms with van der Waals surface area (Å²) in [5.41, 5.74) is 0. The maximum Gasteiger partial charge on any atom is 0.257 e. The molecule has 1 aliphatic carbocycles. The van der Waals surface area contributed by atoms with E-state index in [1.807, 2.05) is 0 Å². The normalized spacial score (nSPS) is 40.5. The van der Waals surface area contributed by atoms with Gasteiger partial charge in [-0.05, 0) is 31.8 Å². The van der Waals surface area contributed by atoms with Crippen molar-refractivity contribution in [2.24, 2.45) is 11.8 Å². The summed E-state index contributed by atoms with van der Waals surface area (Å²) in [6.45, 7) is 3.46. The number of halogens is 1. The van der Waals surface area contributed by atoms with Crippen molar-refractivity contribution in [1.29, 1.82) is 0 Å². The van der Waals surface area contributed by atoms with Crippen molar-refractivity contribution >= 4 is 33.6 Å². The van der Waals surface area contributed by atoms with E-state index in [2.05, 4.69) is 50.5 Å². The Morgan fingerprint density at radius 2 is 2.14 bits per heavy atom. The highest BCUT2D eigenvalue weighted by atomic mass is 79.9. The highest BCUT2D eigenvalue weighted by Gasteiger charge is 2.36. The Kier molecular flexibility index (Phi) is 3.76. The minimum atomic E-state index is 0.131. The van der Waals surface area contributed by atoms with E-state index in [4.69, 9.17) is 0 Å². The predicted octanol–water partition coefficient (Wildman–Crippen LogP) is 2.66. The Bertz CT molecular complexity index is 548. The molecule has 0 aromatic carbocycles. The molecule has 0 radical (unpaired) electrons. The van der Waals surface area contributed by atoms with Gasteiger partial charge in [-0.3, -0.25) is 4.79 Å². The van der Waals surface area contributed by atoms with Crippen LogP contribution in [0.1, 0.15) is 12.8 Å². The number of hydrogen-bond donors (Lipinski definition) is 1. The molecule has 5 rings (SSSR count). The summed E-state index contributed by atoms with van der Waals surface area (Å²) in [6.07, 6.45) is 11.0. The third-order valence-corrected chi connectivity index (χ3v) is 6.83. The quantitative estimate of drug-likeness (QED) is 0.815. The van der Waals surface area contributed by atoms with Gasteiger partial charge in [0.25, 0.3) is 5.91 Å². The second-order valence-corrected chi connectivity index (χ2v) is 8.45. The van der Waals surface area contributed by atoms with Crippen molar-refractivity contribution in [3.8, 4) is 0 Å². The van der Waals surface area contributed by atoms with Gasteiger partial charge in [0.2, 0.25) is 0 Å².